The first-order valence-electron chi connectivity index (χ1n) is 10.8. The van der Waals surface area contributed by atoms with Gasteiger partial charge in [-0.1, -0.05) is 69.0 Å². The van der Waals surface area contributed by atoms with Crippen molar-refractivity contribution in [2.45, 2.75) is 72.8 Å². The topological polar surface area (TPSA) is 9.23 Å². The van der Waals surface area contributed by atoms with Crippen molar-refractivity contribution in [1.82, 2.24) is 0 Å². The first-order chi connectivity index (χ1) is 13.1. The van der Waals surface area contributed by atoms with Crippen LogP contribution < -0.4 is 4.84 Å². The minimum absolute atomic E-state index is 0.669. The summed E-state index contributed by atoms with van der Waals surface area (Å²) in [6.45, 7) is 11.9. The van der Waals surface area contributed by atoms with Gasteiger partial charge in [0.1, 0.15) is 19.6 Å². The summed E-state index contributed by atoms with van der Waals surface area (Å²) in [4.78, 5) is 6.62. The summed E-state index contributed by atoms with van der Waals surface area (Å²) in [5.74, 6) is 0.968. The maximum atomic E-state index is 6.62. The zero-order valence-electron chi connectivity index (χ0n) is 17.8. The number of nitrogens with zero attached hydrogens (tertiary/aromatic N) is 1. The highest BCUT2D eigenvalue weighted by Gasteiger charge is 2.30. The van der Waals surface area contributed by atoms with Gasteiger partial charge in [-0.3, -0.25) is 0 Å². The predicted octanol–water partition coefficient (Wildman–Crippen LogP) is 6.99. The number of quaternary nitrogens is 1. The van der Waals surface area contributed by atoms with E-state index in [2.05, 4.69) is 70.2 Å². The number of para-hydroxylation sites is 1. The van der Waals surface area contributed by atoms with E-state index < -0.39 is 0 Å². The Balaban J connectivity index is 2.13. The summed E-state index contributed by atoms with van der Waals surface area (Å²) in [5.41, 5.74) is 4.16. The van der Waals surface area contributed by atoms with Gasteiger partial charge in [0.05, 0.1) is 0 Å². The minimum atomic E-state index is 0.669. The molecule has 0 spiro atoms. The van der Waals surface area contributed by atoms with Gasteiger partial charge in [-0.2, -0.15) is 0 Å². The molecule has 0 aliphatic carbocycles. The number of hydrogen-bond donors (Lipinski definition) is 0. The molecule has 1 unspecified atom stereocenters. The van der Waals surface area contributed by atoms with E-state index in [1.807, 2.05) is 6.07 Å². The first-order valence-corrected chi connectivity index (χ1v) is 10.8. The molecule has 2 rings (SSSR count). The fourth-order valence-electron chi connectivity index (χ4n) is 3.67. The fourth-order valence-corrected chi connectivity index (χ4v) is 3.67. The lowest BCUT2D eigenvalue weighted by Gasteiger charge is -2.35. The zero-order chi connectivity index (χ0) is 19.5. The number of hydroxylamine groups is 3. The Morgan fingerprint density at radius 3 is 2.19 bits per heavy atom. The average molecular weight is 369 g/mol. The Morgan fingerprint density at radius 2 is 1.48 bits per heavy atom. The summed E-state index contributed by atoms with van der Waals surface area (Å²) < 4.78 is 0.669. The van der Waals surface area contributed by atoms with Crippen LogP contribution in [0.25, 0.3) is 0 Å². The van der Waals surface area contributed by atoms with Crippen LogP contribution in [-0.2, 0) is 6.54 Å². The predicted molar refractivity (Wildman–Crippen MR) is 116 cm³/mol. The Labute approximate surface area is 166 Å². The van der Waals surface area contributed by atoms with Crippen LogP contribution in [0.4, 0.5) is 0 Å². The third-order valence-electron chi connectivity index (χ3n) is 5.71. The van der Waals surface area contributed by atoms with Crippen LogP contribution in [0.3, 0.4) is 0 Å². The number of hydrogen-bond acceptors (Lipinski definition) is 1. The molecule has 0 heterocycles. The highest BCUT2D eigenvalue weighted by molar-refractivity contribution is 5.32. The molecule has 0 aliphatic heterocycles. The van der Waals surface area contributed by atoms with Crippen LogP contribution in [0.15, 0.2) is 48.5 Å². The molecule has 0 bridgehead atoms. The third kappa shape index (κ3) is 6.70. The molecule has 0 amide bonds. The van der Waals surface area contributed by atoms with Gasteiger partial charge < -0.3 is 4.84 Å². The molecule has 1 atom stereocenters. The lowest BCUT2D eigenvalue weighted by atomic mass is 10.0. The molecule has 2 aromatic rings. The van der Waals surface area contributed by atoms with Gasteiger partial charge in [-0.25, -0.2) is 0 Å². The van der Waals surface area contributed by atoms with Crippen LogP contribution in [0.5, 0.6) is 5.75 Å². The van der Waals surface area contributed by atoms with Gasteiger partial charge in [-0.05, 0) is 50.5 Å². The molecule has 0 radical (unpaired) electrons. The molecular formula is C25H38NO+. The monoisotopic (exact) mass is 368 g/mol. The van der Waals surface area contributed by atoms with Gasteiger partial charge in [0.15, 0.2) is 5.75 Å². The molecule has 0 aromatic heterocycles. The van der Waals surface area contributed by atoms with E-state index in [0.717, 1.165) is 25.4 Å². The molecule has 27 heavy (non-hydrogen) atoms. The van der Waals surface area contributed by atoms with E-state index in [4.69, 9.17) is 4.84 Å². The third-order valence-corrected chi connectivity index (χ3v) is 5.71. The van der Waals surface area contributed by atoms with Gasteiger partial charge in [0.2, 0.25) is 0 Å². The molecule has 0 fully saturated rings. The Kier molecular flexibility index (Phi) is 8.87. The smallest absolute Gasteiger partial charge is 0.190 e. The first kappa shape index (κ1) is 21.5. The number of benzene rings is 2. The highest BCUT2D eigenvalue weighted by atomic mass is 16.7. The van der Waals surface area contributed by atoms with Crippen molar-refractivity contribution in [3.05, 3.63) is 65.2 Å². The summed E-state index contributed by atoms with van der Waals surface area (Å²) in [5, 5.41) is 0. The van der Waals surface area contributed by atoms with Crippen molar-refractivity contribution in [3.63, 3.8) is 0 Å². The number of aryl methyl sites for hydroxylation is 1. The van der Waals surface area contributed by atoms with Crippen LogP contribution >= 0.6 is 0 Å². The van der Waals surface area contributed by atoms with Crippen molar-refractivity contribution in [3.8, 4) is 5.75 Å². The fraction of sp³-hybridized carbons (Fsp3) is 0.520. The Hall–Kier alpha value is -1.80. The van der Waals surface area contributed by atoms with Crippen LogP contribution in [0.1, 0.15) is 69.1 Å². The van der Waals surface area contributed by atoms with E-state index in [1.165, 1.54) is 55.2 Å². The second-order valence-corrected chi connectivity index (χ2v) is 7.79. The van der Waals surface area contributed by atoms with E-state index >= 15 is 0 Å². The van der Waals surface area contributed by atoms with Crippen LogP contribution in [0, 0.1) is 13.8 Å². The van der Waals surface area contributed by atoms with E-state index in [1.54, 1.807) is 0 Å². The molecule has 0 saturated heterocycles. The summed E-state index contributed by atoms with van der Waals surface area (Å²) >= 11 is 0. The average Bonchev–Trinajstić information content (AvgIpc) is 2.69. The molecule has 148 valence electrons. The van der Waals surface area contributed by atoms with E-state index in [9.17, 15) is 0 Å². The summed E-state index contributed by atoms with van der Waals surface area (Å²) in [6.07, 6.45) is 7.88. The quantitative estimate of drug-likeness (QED) is 0.223. The van der Waals surface area contributed by atoms with Crippen molar-refractivity contribution < 1.29 is 9.48 Å². The van der Waals surface area contributed by atoms with Gasteiger partial charge >= 0.3 is 0 Å². The van der Waals surface area contributed by atoms with Crippen LogP contribution in [-0.4, -0.2) is 17.7 Å². The normalized spacial score (nSPS) is 13.3. The summed E-state index contributed by atoms with van der Waals surface area (Å²) in [6, 6.07) is 17.0. The van der Waals surface area contributed by atoms with Crippen molar-refractivity contribution in [1.29, 1.82) is 0 Å². The molecule has 2 heteroatoms. The summed E-state index contributed by atoms with van der Waals surface area (Å²) in [7, 11) is 0. The number of rotatable bonds is 12. The Morgan fingerprint density at radius 1 is 0.778 bits per heavy atom. The molecule has 0 aliphatic rings. The second kappa shape index (κ2) is 11.1. The van der Waals surface area contributed by atoms with E-state index in [-0.39, 0.29) is 0 Å². The van der Waals surface area contributed by atoms with E-state index in [0.29, 0.717) is 4.65 Å². The zero-order valence-corrected chi connectivity index (χ0v) is 17.8. The standard InChI is InChI=1S/C25H38NO/c1-5-7-8-9-10-14-20-26(6-2,27-25-18-12-11-13-19-25)21-24-17-15-16-22(3)23(24)4/h11-13,15-19H,5-10,14,20-21H2,1-4H3/q+1. The highest BCUT2D eigenvalue weighted by Crippen LogP contribution is 2.24. The molecular weight excluding hydrogens is 330 g/mol. The lowest BCUT2D eigenvalue weighted by Crippen LogP contribution is -2.50. The van der Waals surface area contributed by atoms with Gasteiger partial charge in [0.25, 0.3) is 0 Å². The molecule has 2 nitrogen and oxygen atoms in total. The van der Waals surface area contributed by atoms with Crippen molar-refractivity contribution in [2.75, 3.05) is 13.1 Å². The number of unbranched alkanes of at least 4 members (excludes halogenated alkanes) is 5. The SMILES string of the molecule is CCCCCCCC[N+](CC)(Cc1cccc(C)c1C)Oc1ccccc1. The maximum absolute atomic E-state index is 6.62. The largest absolute Gasteiger partial charge is 0.315 e. The minimum Gasteiger partial charge on any atom is -0.315 e. The maximum Gasteiger partial charge on any atom is 0.190 e. The molecule has 0 saturated carbocycles. The second-order valence-electron chi connectivity index (χ2n) is 7.79. The Bertz CT molecular complexity index is 667. The van der Waals surface area contributed by atoms with Crippen molar-refractivity contribution in [2.24, 2.45) is 0 Å². The molecule has 0 N–H and O–H groups in total. The van der Waals surface area contributed by atoms with Crippen molar-refractivity contribution >= 4 is 0 Å². The van der Waals surface area contributed by atoms with Crippen LogP contribution in [0.2, 0.25) is 0 Å². The van der Waals surface area contributed by atoms with Gasteiger partial charge in [-0.15, -0.1) is 4.65 Å². The molecule has 2 aromatic carbocycles. The van der Waals surface area contributed by atoms with Gasteiger partial charge in [0, 0.05) is 12.0 Å². The lowest BCUT2D eigenvalue weighted by molar-refractivity contribution is -1.09.